The smallest absolute Gasteiger partial charge is 0.209 e. The SMILES string of the molecule is CC(COc1ccc2ccccc2c1Br)CS(N)(=O)=O. The van der Waals surface area contributed by atoms with E-state index in [4.69, 9.17) is 9.88 Å². The largest absolute Gasteiger partial charge is 0.492 e. The zero-order chi connectivity index (χ0) is 14.8. The number of nitrogens with two attached hydrogens (primary N) is 1. The van der Waals surface area contributed by atoms with Crippen LogP contribution in [-0.4, -0.2) is 20.8 Å². The number of halogens is 1. The van der Waals surface area contributed by atoms with Gasteiger partial charge in [0.05, 0.1) is 16.8 Å². The second-order valence-electron chi connectivity index (χ2n) is 4.84. The van der Waals surface area contributed by atoms with Gasteiger partial charge in [0, 0.05) is 5.92 Å². The van der Waals surface area contributed by atoms with Crippen LogP contribution in [0.4, 0.5) is 0 Å². The monoisotopic (exact) mass is 357 g/mol. The lowest BCUT2D eigenvalue weighted by molar-refractivity contribution is 0.270. The summed E-state index contributed by atoms with van der Waals surface area (Å²) in [6.45, 7) is 2.09. The molecule has 0 radical (unpaired) electrons. The van der Waals surface area contributed by atoms with Gasteiger partial charge in [-0.1, -0.05) is 37.3 Å². The Bertz CT molecular complexity index is 715. The molecule has 2 N–H and O–H groups in total. The molecular formula is C14H16BrNO3S. The van der Waals surface area contributed by atoms with Crippen LogP contribution in [0.5, 0.6) is 5.75 Å². The molecule has 1 atom stereocenters. The van der Waals surface area contributed by atoms with Gasteiger partial charge in [0.1, 0.15) is 5.75 Å². The number of fused-ring (bicyclic) bond motifs is 1. The molecule has 0 aliphatic carbocycles. The summed E-state index contributed by atoms with van der Waals surface area (Å²) in [6, 6.07) is 11.8. The van der Waals surface area contributed by atoms with Crippen molar-refractivity contribution >= 4 is 36.7 Å². The molecule has 20 heavy (non-hydrogen) atoms. The van der Waals surface area contributed by atoms with Gasteiger partial charge in [0.15, 0.2) is 0 Å². The van der Waals surface area contributed by atoms with Gasteiger partial charge in [-0.15, -0.1) is 0 Å². The third-order valence-corrected chi connectivity index (χ3v) is 4.72. The predicted octanol–water partition coefficient (Wildman–Crippen LogP) is 2.91. The van der Waals surface area contributed by atoms with Gasteiger partial charge in [-0.25, -0.2) is 13.6 Å². The highest BCUT2D eigenvalue weighted by Crippen LogP contribution is 2.33. The summed E-state index contributed by atoms with van der Waals surface area (Å²) in [5.41, 5.74) is 0. The first-order valence-electron chi connectivity index (χ1n) is 6.17. The van der Waals surface area contributed by atoms with Gasteiger partial charge in [-0.2, -0.15) is 0 Å². The number of hydrogen-bond donors (Lipinski definition) is 1. The average molecular weight is 358 g/mol. The average Bonchev–Trinajstić information content (AvgIpc) is 2.36. The standard InChI is InChI=1S/C14H16BrNO3S/c1-10(9-20(16,17)18)8-19-13-7-6-11-4-2-3-5-12(11)14(13)15/h2-7,10H,8-9H2,1H3,(H2,16,17,18). The number of rotatable bonds is 5. The van der Waals surface area contributed by atoms with Crippen molar-refractivity contribution in [3.8, 4) is 5.75 Å². The Balaban J connectivity index is 2.12. The summed E-state index contributed by atoms with van der Waals surface area (Å²) in [5, 5.41) is 7.19. The normalized spacial score (nSPS) is 13.3. The lowest BCUT2D eigenvalue weighted by Crippen LogP contribution is -2.25. The maximum absolute atomic E-state index is 11.0. The van der Waals surface area contributed by atoms with Crippen LogP contribution >= 0.6 is 15.9 Å². The molecule has 108 valence electrons. The van der Waals surface area contributed by atoms with E-state index in [-0.39, 0.29) is 11.7 Å². The third-order valence-electron chi connectivity index (χ3n) is 2.87. The van der Waals surface area contributed by atoms with Crippen molar-refractivity contribution in [2.45, 2.75) is 6.92 Å². The van der Waals surface area contributed by atoms with E-state index < -0.39 is 10.0 Å². The van der Waals surface area contributed by atoms with Gasteiger partial charge < -0.3 is 4.74 Å². The molecule has 0 bridgehead atoms. The van der Waals surface area contributed by atoms with E-state index in [0.717, 1.165) is 15.2 Å². The van der Waals surface area contributed by atoms with Crippen molar-refractivity contribution in [3.63, 3.8) is 0 Å². The van der Waals surface area contributed by atoms with E-state index in [9.17, 15) is 8.42 Å². The second-order valence-corrected chi connectivity index (χ2v) is 7.30. The Morgan fingerprint density at radius 3 is 2.65 bits per heavy atom. The highest BCUT2D eigenvalue weighted by Gasteiger charge is 2.13. The fourth-order valence-electron chi connectivity index (χ4n) is 2.00. The second kappa shape index (κ2) is 6.11. The van der Waals surface area contributed by atoms with Crippen LogP contribution in [0.1, 0.15) is 6.92 Å². The number of hydrogen-bond acceptors (Lipinski definition) is 3. The summed E-state index contributed by atoms with van der Waals surface area (Å²) in [5.74, 6) is 0.450. The third kappa shape index (κ3) is 3.94. The summed E-state index contributed by atoms with van der Waals surface area (Å²) in [6.07, 6.45) is 0. The van der Waals surface area contributed by atoms with Crippen molar-refractivity contribution < 1.29 is 13.2 Å². The Morgan fingerprint density at radius 2 is 1.95 bits per heavy atom. The van der Waals surface area contributed by atoms with Gasteiger partial charge in [0.25, 0.3) is 0 Å². The van der Waals surface area contributed by atoms with Crippen molar-refractivity contribution in [2.75, 3.05) is 12.4 Å². The molecule has 6 heteroatoms. The minimum atomic E-state index is -3.46. The highest BCUT2D eigenvalue weighted by molar-refractivity contribution is 9.10. The molecule has 1 unspecified atom stereocenters. The summed E-state index contributed by atoms with van der Waals surface area (Å²) >= 11 is 3.53. The zero-order valence-corrected chi connectivity index (χ0v) is 13.4. The Hall–Kier alpha value is -1.11. The maximum atomic E-state index is 11.0. The molecule has 4 nitrogen and oxygen atoms in total. The molecule has 2 aromatic carbocycles. The first-order valence-corrected chi connectivity index (χ1v) is 8.68. The lowest BCUT2D eigenvalue weighted by Gasteiger charge is -2.14. The zero-order valence-electron chi connectivity index (χ0n) is 11.0. The van der Waals surface area contributed by atoms with E-state index in [0.29, 0.717) is 12.4 Å². The van der Waals surface area contributed by atoms with Crippen molar-refractivity contribution in [1.82, 2.24) is 0 Å². The number of sulfonamides is 1. The van der Waals surface area contributed by atoms with Crippen LogP contribution in [0.25, 0.3) is 10.8 Å². The van der Waals surface area contributed by atoms with Crippen LogP contribution in [0.3, 0.4) is 0 Å². The molecule has 0 saturated heterocycles. The fourth-order valence-corrected chi connectivity index (χ4v) is 3.50. The molecule has 0 spiro atoms. The molecule has 2 aromatic rings. The minimum Gasteiger partial charge on any atom is -0.492 e. The Labute approximate surface area is 127 Å². The van der Waals surface area contributed by atoms with Gasteiger partial charge >= 0.3 is 0 Å². The van der Waals surface area contributed by atoms with Crippen molar-refractivity contribution in [3.05, 3.63) is 40.9 Å². The summed E-state index contributed by atoms with van der Waals surface area (Å²) in [4.78, 5) is 0. The Morgan fingerprint density at radius 1 is 1.25 bits per heavy atom. The molecule has 0 aliphatic heterocycles. The van der Waals surface area contributed by atoms with E-state index in [1.807, 2.05) is 36.4 Å². The molecule has 0 saturated carbocycles. The highest BCUT2D eigenvalue weighted by atomic mass is 79.9. The Kier molecular flexibility index (Phi) is 4.67. The molecule has 0 fully saturated rings. The first kappa shape index (κ1) is 15.3. The summed E-state index contributed by atoms with van der Waals surface area (Å²) in [7, 11) is -3.46. The van der Waals surface area contributed by atoms with E-state index in [1.165, 1.54) is 0 Å². The predicted molar refractivity (Wildman–Crippen MR) is 84.3 cm³/mol. The topological polar surface area (TPSA) is 69.4 Å². The van der Waals surface area contributed by atoms with Crippen molar-refractivity contribution in [2.24, 2.45) is 11.1 Å². The van der Waals surface area contributed by atoms with Crippen LogP contribution < -0.4 is 9.88 Å². The van der Waals surface area contributed by atoms with E-state index in [1.54, 1.807) is 6.92 Å². The first-order chi connectivity index (χ1) is 9.37. The number of primary sulfonamides is 1. The molecule has 0 aromatic heterocycles. The fraction of sp³-hybridized carbons (Fsp3) is 0.286. The lowest BCUT2D eigenvalue weighted by atomic mass is 10.1. The molecular weight excluding hydrogens is 342 g/mol. The van der Waals surface area contributed by atoms with Crippen LogP contribution in [0, 0.1) is 5.92 Å². The molecule has 0 aliphatic rings. The molecule has 0 heterocycles. The number of ether oxygens (including phenoxy) is 1. The van der Waals surface area contributed by atoms with Gasteiger partial charge in [-0.3, -0.25) is 0 Å². The quantitative estimate of drug-likeness (QED) is 0.894. The van der Waals surface area contributed by atoms with E-state index >= 15 is 0 Å². The van der Waals surface area contributed by atoms with Gasteiger partial charge in [0.2, 0.25) is 10.0 Å². The number of benzene rings is 2. The van der Waals surface area contributed by atoms with Crippen LogP contribution in [0.2, 0.25) is 0 Å². The molecule has 0 amide bonds. The van der Waals surface area contributed by atoms with Crippen LogP contribution in [-0.2, 0) is 10.0 Å². The van der Waals surface area contributed by atoms with Crippen molar-refractivity contribution in [1.29, 1.82) is 0 Å². The minimum absolute atomic E-state index is 0.0851. The van der Waals surface area contributed by atoms with Gasteiger partial charge in [-0.05, 0) is 32.8 Å². The summed E-state index contributed by atoms with van der Waals surface area (Å²) < 4.78 is 28.6. The van der Waals surface area contributed by atoms with Crippen LogP contribution in [0.15, 0.2) is 40.9 Å². The van der Waals surface area contributed by atoms with E-state index in [2.05, 4.69) is 15.9 Å². The maximum Gasteiger partial charge on any atom is 0.209 e. The molecule has 2 rings (SSSR count).